The SMILES string of the molecule is CC(CO)CCCC(C)COC1CCCCO1. The van der Waals surface area contributed by atoms with Crippen molar-refractivity contribution in [1.29, 1.82) is 0 Å². The Labute approximate surface area is 105 Å². The fraction of sp³-hybridized carbons (Fsp3) is 1.00. The average molecular weight is 244 g/mol. The topological polar surface area (TPSA) is 38.7 Å². The van der Waals surface area contributed by atoms with Crippen LogP contribution in [0.3, 0.4) is 0 Å². The Kier molecular flexibility index (Phi) is 7.82. The first-order valence-electron chi connectivity index (χ1n) is 7.06. The van der Waals surface area contributed by atoms with Gasteiger partial charge in [-0.1, -0.05) is 20.3 Å². The highest BCUT2D eigenvalue weighted by atomic mass is 16.7. The van der Waals surface area contributed by atoms with Gasteiger partial charge in [-0.25, -0.2) is 0 Å². The van der Waals surface area contributed by atoms with Crippen LogP contribution < -0.4 is 0 Å². The molecule has 3 unspecified atom stereocenters. The van der Waals surface area contributed by atoms with Crippen molar-refractivity contribution in [2.45, 2.75) is 58.7 Å². The molecule has 0 aromatic carbocycles. The van der Waals surface area contributed by atoms with Gasteiger partial charge < -0.3 is 14.6 Å². The van der Waals surface area contributed by atoms with Gasteiger partial charge in [0, 0.05) is 13.2 Å². The van der Waals surface area contributed by atoms with Gasteiger partial charge in [-0.15, -0.1) is 0 Å². The summed E-state index contributed by atoms with van der Waals surface area (Å²) in [4.78, 5) is 0. The van der Waals surface area contributed by atoms with Gasteiger partial charge in [0.2, 0.25) is 0 Å². The van der Waals surface area contributed by atoms with Crippen molar-refractivity contribution in [3.63, 3.8) is 0 Å². The van der Waals surface area contributed by atoms with Crippen LogP contribution in [-0.2, 0) is 9.47 Å². The molecular weight excluding hydrogens is 216 g/mol. The second-order valence-corrected chi connectivity index (χ2v) is 5.45. The second-order valence-electron chi connectivity index (χ2n) is 5.45. The zero-order chi connectivity index (χ0) is 12.5. The van der Waals surface area contributed by atoms with Crippen LogP contribution in [-0.4, -0.2) is 31.2 Å². The molecule has 0 aromatic heterocycles. The minimum atomic E-state index is 0.0440. The van der Waals surface area contributed by atoms with Crippen molar-refractivity contribution in [1.82, 2.24) is 0 Å². The molecule has 102 valence electrons. The van der Waals surface area contributed by atoms with E-state index in [0.29, 0.717) is 18.4 Å². The van der Waals surface area contributed by atoms with E-state index in [4.69, 9.17) is 14.6 Å². The van der Waals surface area contributed by atoms with Gasteiger partial charge in [0.15, 0.2) is 6.29 Å². The van der Waals surface area contributed by atoms with E-state index in [1.807, 2.05) is 0 Å². The lowest BCUT2D eigenvalue weighted by molar-refractivity contribution is -0.168. The van der Waals surface area contributed by atoms with Gasteiger partial charge in [-0.2, -0.15) is 0 Å². The fourth-order valence-corrected chi connectivity index (χ4v) is 2.10. The molecular formula is C14H28O3. The van der Waals surface area contributed by atoms with E-state index in [1.165, 1.54) is 25.7 Å². The Bertz CT molecular complexity index is 178. The first kappa shape index (κ1) is 14.9. The molecule has 0 aliphatic carbocycles. The molecule has 1 heterocycles. The van der Waals surface area contributed by atoms with Gasteiger partial charge in [-0.3, -0.25) is 0 Å². The third kappa shape index (κ3) is 7.02. The Hall–Kier alpha value is -0.120. The largest absolute Gasteiger partial charge is 0.396 e. The second kappa shape index (κ2) is 8.90. The lowest BCUT2D eigenvalue weighted by Crippen LogP contribution is -2.24. The van der Waals surface area contributed by atoms with Crippen LogP contribution in [0.4, 0.5) is 0 Å². The van der Waals surface area contributed by atoms with Crippen molar-refractivity contribution in [3.05, 3.63) is 0 Å². The molecule has 3 heteroatoms. The molecule has 0 aromatic rings. The first-order chi connectivity index (χ1) is 8.22. The third-order valence-electron chi connectivity index (χ3n) is 3.41. The number of aliphatic hydroxyl groups is 1. The molecule has 0 amide bonds. The summed E-state index contributed by atoms with van der Waals surface area (Å²) in [5, 5.41) is 8.93. The van der Waals surface area contributed by atoms with Crippen LogP contribution in [0.15, 0.2) is 0 Å². The molecule has 3 atom stereocenters. The van der Waals surface area contributed by atoms with E-state index in [9.17, 15) is 0 Å². The zero-order valence-electron chi connectivity index (χ0n) is 11.4. The summed E-state index contributed by atoms with van der Waals surface area (Å²) in [6.07, 6.45) is 6.97. The van der Waals surface area contributed by atoms with Gasteiger partial charge in [-0.05, 0) is 43.9 Å². The lowest BCUT2D eigenvalue weighted by atomic mass is 10.00. The molecule has 1 aliphatic heterocycles. The maximum atomic E-state index is 8.93. The highest BCUT2D eigenvalue weighted by Crippen LogP contribution is 2.17. The Balaban J connectivity index is 1.98. The summed E-state index contributed by atoms with van der Waals surface area (Å²) in [6, 6.07) is 0. The molecule has 1 N–H and O–H groups in total. The van der Waals surface area contributed by atoms with E-state index < -0.39 is 0 Å². The third-order valence-corrected chi connectivity index (χ3v) is 3.41. The van der Waals surface area contributed by atoms with Crippen molar-refractivity contribution >= 4 is 0 Å². The standard InChI is InChI=1S/C14H28O3/c1-12(10-15)6-5-7-13(2)11-17-14-8-3-4-9-16-14/h12-15H,3-11H2,1-2H3. The van der Waals surface area contributed by atoms with Crippen LogP contribution in [0.2, 0.25) is 0 Å². The number of aliphatic hydroxyl groups excluding tert-OH is 1. The van der Waals surface area contributed by atoms with Gasteiger partial charge >= 0.3 is 0 Å². The summed E-state index contributed by atoms with van der Waals surface area (Å²) in [6.45, 7) is 6.29. The van der Waals surface area contributed by atoms with Crippen molar-refractivity contribution < 1.29 is 14.6 Å². The van der Waals surface area contributed by atoms with Crippen LogP contribution in [0.5, 0.6) is 0 Å². The molecule has 0 radical (unpaired) electrons. The van der Waals surface area contributed by atoms with E-state index in [0.717, 1.165) is 26.1 Å². The number of hydrogen-bond acceptors (Lipinski definition) is 3. The molecule has 0 saturated carbocycles. The van der Waals surface area contributed by atoms with E-state index in [-0.39, 0.29) is 6.29 Å². The van der Waals surface area contributed by atoms with Crippen LogP contribution >= 0.6 is 0 Å². The summed E-state index contributed by atoms with van der Waals surface area (Å²) in [5.41, 5.74) is 0. The highest BCUT2D eigenvalue weighted by molar-refractivity contribution is 4.58. The first-order valence-corrected chi connectivity index (χ1v) is 7.06. The minimum absolute atomic E-state index is 0.0440. The molecule has 1 fully saturated rings. The maximum Gasteiger partial charge on any atom is 0.157 e. The molecule has 3 nitrogen and oxygen atoms in total. The summed E-state index contributed by atoms with van der Waals surface area (Å²) < 4.78 is 11.3. The number of rotatable bonds is 8. The van der Waals surface area contributed by atoms with Gasteiger partial charge in [0.25, 0.3) is 0 Å². The van der Waals surface area contributed by atoms with E-state index in [1.54, 1.807) is 0 Å². The van der Waals surface area contributed by atoms with Gasteiger partial charge in [0.1, 0.15) is 0 Å². The van der Waals surface area contributed by atoms with Crippen molar-refractivity contribution in [2.75, 3.05) is 19.8 Å². The summed E-state index contributed by atoms with van der Waals surface area (Å²) >= 11 is 0. The lowest BCUT2D eigenvalue weighted by Gasteiger charge is -2.24. The summed E-state index contributed by atoms with van der Waals surface area (Å²) in [5.74, 6) is 1.02. The normalized spacial score (nSPS) is 24.5. The Morgan fingerprint density at radius 3 is 2.65 bits per heavy atom. The predicted octanol–water partition coefficient (Wildman–Crippen LogP) is 2.96. The summed E-state index contributed by atoms with van der Waals surface area (Å²) in [7, 11) is 0. The van der Waals surface area contributed by atoms with Gasteiger partial charge in [0.05, 0.1) is 6.61 Å². The molecule has 17 heavy (non-hydrogen) atoms. The average Bonchev–Trinajstić information content (AvgIpc) is 2.37. The van der Waals surface area contributed by atoms with Crippen LogP contribution in [0.25, 0.3) is 0 Å². The maximum absolute atomic E-state index is 8.93. The monoisotopic (exact) mass is 244 g/mol. The van der Waals surface area contributed by atoms with E-state index >= 15 is 0 Å². The highest BCUT2D eigenvalue weighted by Gasteiger charge is 2.15. The molecule has 1 aliphatic rings. The molecule has 1 saturated heterocycles. The van der Waals surface area contributed by atoms with Crippen LogP contribution in [0, 0.1) is 11.8 Å². The minimum Gasteiger partial charge on any atom is -0.396 e. The Morgan fingerprint density at radius 1 is 1.24 bits per heavy atom. The zero-order valence-corrected chi connectivity index (χ0v) is 11.4. The van der Waals surface area contributed by atoms with Crippen LogP contribution in [0.1, 0.15) is 52.4 Å². The molecule has 1 rings (SSSR count). The fourth-order valence-electron chi connectivity index (χ4n) is 2.10. The van der Waals surface area contributed by atoms with Crippen molar-refractivity contribution in [3.8, 4) is 0 Å². The number of hydrogen-bond donors (Lipinski definition) is 1. The predicted molar refractivity (Wildman–Crippen MR) is 68.8 cm³/mol. The van der Waals surface area contributed by atoms with Crippen molar-refractivity contribution in [2.24, 2.45) is 11.8 Å². The molecule has 0 bridgehead atoms. The Morgan fingerprint density at radius 2 is 2.00 bits per heavy atom. The molecule has 0 spiro atoms. The number of ether oxygens (including phenoxy) is 2. The smallest absolute Gasteiger partial charge is 0.157 e. The van der Waals surface area contributed by atoms with E-state index in [2.05, 4.69) is 13.8 Å². The quantitative estimate of drug-likeness (QED) is 0.713.